The number of esters is 1. The lowest BCUT2D eigenvalue weighted by Crippen LogP contribution is -2.15. The van der Waals surface area contributed by atoms with Crippen LogP contribution in [0.1, 0.15) is 20.7 Å². The molecule has 0 amide bonds. The van der Waals surface area contributed by atoms with E-state index in [0.29, 0.717) is 32.2 Å². The highest BCUT2D eigenvalue weighted by atomic mass is 79.9. The molecule has 0 aliphatic carbocycles. The van der Waals surface area contributed by atoms with Crippen LogP contribution in [0.15, 0.2) is 83.6 Å². The maximum absolute atomic E-state index is 12.8. The fraction of sp³-hybridized carbons (Fsp3) is 0.0435. The molecule has 0 aliphatic rings. The predicted molar refractivity (Wildman–Crippen MR) is 114 cm³/mol. The standard InChI is InChI=1S/C23H15BrN2O3/c24-19-9-3-1-8-17(19)22(27)14-29-23(28)18-12-21(15-6-5-11-25-13-15)26-20-10-4-2-7-16(18)20/h1-13H,14H2. The summed E-state index contributed by atoms with van der Waals surface area (Å²) in [5.74, 6) is -0.856. The van der Waals surface area contributed by atoms with Crippen LogP contribution in [0.3, 0.4) is 0 Å². The number of aromatic nitrogens is 2. The first-order chi connectivity index (χ1) is 14.1. The molecule has 0 saturated heterocycles. The molecule has 5 nitrogen and oxygen atoms in total. The van der Waals surface area contributed by atoms with Crippen LogP contribution in [0, 0.1) is 0 Å². The minimum Gasteiger partial charge on any atom is -0.454 e. The number of para-hydroxylation sites is 1. The van der Waals surface area contributed by atoms with Crippen LogP contribution >= 0.6 is 15.9 Å². The summed E-state index contributed by atoms with van der Waals surface area (Å²) in [5.41, 5.74) is 2.89. The first-order valence-electron chi connectivity index (χ1n) is 8.88. The van der Waals surface area contributed by atoms with Crippen molar-refractivity contribution in [2.45, 2.75) is 0 Å². The number of ketones is 1. The minimum atomic E-state index is -0.575. The van der Waals surface area contributed by atoms with Gasteiger partial charge in [0.1, 0.15) is 0 Å². The van der Waals surface area contributed by atoms with E-state index in [0.717, 1.165) is 5.56 Å². The molecular formula is C23H15BrN2O3. The summed E-state index contributed by atoms with van der Waals surface area (Å²) in [6.45, 7) is -0.347. The average Bonchev–Trinajstić information content (AvgIpc) is 2.77. The van der Waals surface area contributed by atoms with Crippen LogP contribution < -0.4 is 0 Å². The van der Waals surface area contributed by atoms with Crippen molar-refractivity contribution in [2.24, 2.45) is 0 Å². The number of carbonyl (C=O) groups excluding carboxylic acids is 2. The molecular weight excluding hydrogens is 432 g/mol. The molecule has 2 aromatic heterocycles. The summed E-state index contributed by atoms with van der Waals surface area (Å²) in [5, 5.41) is 0.665. The number of Topliss-reactive ketones (excluding diaryl/α,β-unsaturated/α-hetero) is 1. The number of carbonyl (C=O) groups is 2. The highest BCUT2D eigenvalue weighted by molar-refractivity contribution is 9.10. The summed E-state index contributed by atoms with van der Waals surface area (Å²) < 4.78 is 6.01. The second-order valence-electron chi connectivity index (χ2n) is 6.29. The van der Waals surface area contributed by atoms with Gasteiger partial charge in [-0.2, -0.15) is 0 Å². The zero-order valence-electron chi connectivity index (χ0n) is 15.2. The van der Waals surface area contributed by atoms with E-state index < -0.39 is 5.97 Å². The average molecular weight is 447 g/mol. The maximum Gasteiger partial charge on any atom is 0.339 e. The van der Waals surface area contributed by atoms with E-state index >= 15 is 0 Å². The van der Waals surface area contributed by atoms with Crippen molar-refractivity contribution in [3.63, 3.8) is 0 Å². The highest BCUT2D eigenvalue weighted by Crippen LogP contribution is 2.25. The van der Waals surface area contributed by atoms with E-state index in [9.17, 15) is 9.59 Å². The van der Waals surface area contributed by atoms with Crippen molar-refractivity contribution >= 4 is 38.6 Å². The Kier molecular flexibility index (Phi) is 5.44. The molecule has 0 saturated carbocycles. The monoisotopic (exact) mass is 446 g/mol. The van der Waals surface area contributed by atoms with Gasteiger partial charge in [0.2, 0.25) is 5.78 Å². The van der Waals surface area contributed by atoms with Crippen LogP contribution in [-0.4, -0.2) is 28.3 Å². The van der Waals surface area contributed by atoms with Crippen molar-refractivity contribution in [3.8, 4) is 11.3 Å². The normalized spacial score (nSPS) is 10.7. The number of fused-ring (bicyclic) bond motifs is 1. The van der Waals surface area contributed by atoms with E-state index in [1.54, 1.807) is 42.7 Å². The van der Waals surface area contributed by atoms with Gasteiger partial charge in [-0.15, -0.1) is 0 Å². The quantitative estimate of drug-likeness (QED) is 0.315. The maximum atomic E-state index is 12.8. The molecule has 0 radical (unpaired) electrons. The third-order valence-corrected chi connectivity index (χ3v) is 5.09. The number of hydrogen-bond acceptors (Lipinski definition) is 5. The largest absolute Gasteiger partial charge is 0.454 e. The van der Waals surface area contributed by atoms with Crippen molar-refractivity contribution in [1.29, 1.82) is 0 Å². The van der Waals surface area contributed by atoms with Crippen molar-refractivity contribution in [2.75, 3.05) is 6.61 Å². The molecule has 0 aliphatic heterocycles. The van der Waals surface area contributed by atoms with Gasteiger partial charge >= 0.3 is 5.97 Å². The smallest absolute Gasteiger partial charge is 0.339 e. The lowest BCUT2D eigenvalue weighted by atomic mass is 10.1. The van der Waals surface area contributed by atoms with Crippen LogP contribution in [-0.2, 0) is 4.74 Å². The van der Waals surface area contributed by atoms with E-state index in [1.807, 2.05) is 36.4 Å². The zero-order chi connectivity index (χ0) is 20.2. The highest BCUT2D eigenvalue weighted by Gasteiger charge is 2.18. The molecule has 4 aromatic rings. The third kappa shape index (κ3) is 4.07. The number of benzene rings is 2. The van der Waals surface area contributed by atoms with Gasteiger partial charge in [0.25, 0.3) is 0 Å². The first-order valence-corrected chi connectivity index (χ1v) is 9.68. The Morgan fingerprint density at radius 3 is 2.52 bits per heavy atom. The van der Waals surface area contributed by atoms with Crippen molar-refractivity contribution in [3.05, 3.63) is 94.7 Å². The Bertz CT molecular complexity index is 1210. The van der Waals surface area contributed by atoms with Gasteiger partial charge in [-0.3, -0.25) is 9.78 Å². The number of nitrogens with zero attached hydrogens (tertiary/aromatic N) is 2. The van der Waals surface area contributed by atoms with Gasteiger partial charge in [-0.25, -0.2) is 9.78 Å². The molecule has 0 atom stereocenters. The van der Waals surface area contributed by atoms with Crippen LogP contribution in [0.2, 0.25) is 0 Å². The molecule has 29 heavy (non-hydrogen) atoms. The topological polar surface area (TPSA) is 69.2 Å². The summed E-state index contributed by atoms with van der Waals surface area (Å²) in [4.78, 5) is 34.0. The Balaban J connectivity index is 1.65. The molecule has 2 aromatic carbocycles. The molecule has 2 heterocycles. The summed E-state index contributed by atoms with van der Waals surface area (Å²) in [6, 6.07) is 19.7. The first kappa shape index (κ1) is 19.0. The second-order valence-corrected chi connectivity index (χ2v) is 7.15. The molecule has 0 unspecified atom stereocenters. The van der Waals surface area contributed by atoms with Crippen LogP contribution in [0.5, 0.6) is 0 Å². The molecule has 4 rings (SSSR count). The Hall–Kier alpha value is -3.38. The minimum absolute atomic E-state index is 0.281. The fourth-order valence-electron chi connectivity index (χ4n) is 2.98. The number of halogens is 1. The van der Waals surface area contributed by atoms with Gasteiger partial charge in [0.15, 0.2) is 6.61 Å². The van der Waals surface area contributed by atoms with E-state index in [-0.39, 0.29) is 12.4 Å². The third-order valence-electron chi connectivity index (χ3n) is 4.40. The van der Waals surface area contributed by atoms with E-state index in [1.165, 1.54) is 0 Å². The molecule has 0 bridgehead atoms. The molecule has 0 N–H and O–H groups in total. The fourth-order valence-corrected chi connectivity index (χ4v) is 3.49. The Morgan fingerprint density at radius 2 is 1.72 bits per heavy atom. The summed E-state index contributed by atoms with van der Waals surface area (Å²) >= 11 is 3.34. The predicted octanol–water partition coefficient (Wildman–Crippen LogP) is 5.10. The number of rotatable bonds is 5. The van der Waals surface area contributed by atoms with Gasteiger partial charge in [-0.1, -0.05) is 52.3 Å². The van der Waals surface area contributed by atoms with E-state index in [2.05, 4.69) is 25.9 Å². The summed E-state index contributed by atoms with van der Waals surface area (Å²) in [6.07, 6.45) is 3.36. The Labute approximate surface area is 175 Å². The van der Waals surface area contributed by atoms with Gasteiger partial charge in [0.05, 0.1) is 16.8 Å². The second kappa shape index (κ2) is 8.32. The summed E-state index contributed by atoms with van der Waals surface area (Å²) in [7, 11) is 0. The molecule has 142 valence electrons. The van der Waals surface area contributed by atoms with Gasteiger partial charge < -0.3 is 4.74 Å². The number of hydrogen-bond donors (Lipinski definition) is 0. The SMILES string of the molecule is O=C(COC(=O)c1cc(-c2cccnc2)nc2ccccc12)c1ccccc1Br. The lowest BCUT2D eigenvalue weighted by Gasteiger charge is -2.10. The molecule has 0 fully saturated rings. The van der Waals surface area contributed by atoms with Crippen LogP contribution in [0.25, 0.3) is 22.2 Å². The van der Waals surface area contributed by atoms with Crippen molar-refractivity contribution < 1.29 is 14.3 Å². The van der Waals surface area contributed by atoms with E-state index in [4.69, 9.17) is 4.74 Å². The number of ether oxygens (including phenoxy) is 1. The zero-order valence-corrected chi connectivity index (χ0v) is 16.8. The number of pyridine rings is 2. The molecule has 6 heteroatoms. The Morgan fingerprint density at radius 1 is 0.931 bits per heavy atom. The molecule has 0 spiro atoms. The van der Waals surface area contributed by atoms with Crippen molar-refractivity contribution in [1.82, 2.24) is 9.97 Å². The van der Waals surface area contributed by atoms with Gasteiger partial charge in [0, 0.05) is 33.4 Å². The van der Waals surface area contributed by atoms with Crippen LogP contribution in [0.4, 0.5) is 0 Å². The van der Waals surface area contributed by atoms with Gasteiger partial charge in [-0.05, 0) is 30.3 Å². The lowest BCUT2D eigenvalue weighted by molar-refractivity contribution is 0.0476.